The van der Waals surface area contributed by atoms with Gasteiger partial charge in [-0.1, -0.05) is 17.3 Å². The van der Waals surface area contributed by atoms with Gasteiger partial charge in [0, 0.05) is 19.3 Å². The second-order valence-corrected chi connectivity index (χ2v) is 7.84. The first-order valence-electron chi connectivity index (χ1n) is 9.41. The second kappa shape index (κ2) is 7.98. The van der Waals surface area contributed by atoms with Crippen LogP contribution in [0.2, 0.25) is 0 Å². The largest absolute Gasteiger partial charge is 0.336 e. The molecule has 1 aromatic carbocycles. The van der Waals surface area contributed by atoms with Gasteiger partial charge in [0.05, 0.1) is 11.4 Å². The minimum atomic E-state index is -0.0534. The molecule has 0 saturated carbocycles. The first-order valence-corrected chi connectivity index (χ1v) is 10.4. The predicted octanol–water partition coefficient (Wildman–Crippen LogP) is 2.48. The lowest BCUT2D eigenvalue weighted by atomic mass is 10.1. The van der Waals surface area contributed by atoms with E-state index in [4.69, 9.17) is 12.2 Å². The molecule has 2 saturated heterocycles. The van der Waals surface area contributed by atoms with E-state index in [1.807, 2.05) is 23.0 Å². The third kappa shape index (κ3) is 3.73. The van der Waals surface area contributed by atoms with E-state index < -0.39 is 0 Å². The van der Waals surface area contributed by atoms with Gasteiger partial charge >= 0.3 is 0 Å². The van der Waals surface area contributed by atoms with Gasteiger partial charge in [-0.25, -0.2) is 0 Å². The Kier molecular flexibility index (Phi) is 5.45. The van der Waals surface area contributed by atoms with Gasteiger partial charge in [-0.15, -0.1) is 5.10 Å². The van der Waals surface area contributed by atoms with Crippen molar-refractivity contribution in [2.75, 3.05) is 17.2 Å². The van der Waals surface area contributed by atoms with Gasteiger partial charge in [0.2, 0.25) is 0 Å². The van der Waals surface area contributed by atoms with Gasteiger partial charge in [0.15, 0.2) is 5.11 Å². The smallest absolute Gasteiger partial charge is 0.256 e. The minimum absolute atomic E-state index is 0.0534. The van der Waals surface area contributed by atoms with Crippen LogP contribution in [0.3, 0.4) is 0 Å². The van der Waals surface area contributed by atoms with E-state index >= 15 is 0 Å². The zero-order valence-corrected chi connectivity index (χ0v) is 16.8. The molecule has 1 aromatic heterocycles. The molecular weight excluding hydrogens is 378 g/mol. The van der Waals surface area contributed by atoms with Crippen molar-refractivity contribution < 1.29 is 4.79 Å². The fraction of sp³-hybridized carbons (Fsp3) is 0.474. The van der Waals surface area contributed by atoms with E-state index in [9.17, 15) is 4.79 Å². The molecule has 2 aliphatic rings. The molecule has 0 bridgehead atoms. The number of nitrogens with zero attached hydrogens (tertiary/aromatic N) is 5. The van der Waals surface area contributed by atoms with Crippen molar-refractivity contribution in [1.82, 2.24) is 19.9 Å². The van der Waals surface area contributed by atoms with E-state index in [1.54, 1.807) is 4.90 Å². The molecular formula is C19H23N5OS2. The zero-order valence-electron chi connectivity index (χ0n) is 15.1. The number of fused-ring (bicyclic) bond motifs is 1. The van der Waals surface area contributed by atoms with Crippen LogP contribution in [0, 0.1) is 0 Å². The highest BCUT2D eigenvalue weighted by molar-refractivity contribution is 7.80. The van der Waals surface area contributed by atoms with Crippen LogP contribution in [0.4, 0.5) is 5.69 Å². The number of aryl methyl sites for hydroxylation is 3. The summed E-state index contributed by atoms with van der Waals surface area (Å²) >= 11 is 9.75. The van der Waals surface area contributed by atoms with Gasteiger partial charge in [-0.3, -0.25) is 14.4 Å². The molecule has 0 N–H and O–H groups in total. The van der Waals surface area contributed by atoms with Crippen molar-refractivity contribution in [2.24, 2.45) is 0 Å². The van der Waals surface area contributed by atoms with Crippen molar-refractivity contribution in [1.29, 1.82) is 0 Å². The fourth-order valence-corrected chi connectivity index (χ4v) is 4.30. The molecule has 8 heteroatoms. The Labute approximate surface area is 169 Å². The quantitative estimate of drug-likeness (QED) is 0.571. The Morgan fingerprint density at radius 3 is 2.78 bits per heavy atom. The number of carbonyl (C=O) groups is 1. The maximum Gasteiger partial charge on any atom is 0.256 e. The first kappa shape index (κ1) is 18.4. The van der Waals surface area contributed by atoms with Crippen LogP contribution in [0.25, 0.3) is 0 Å². The Hall–Kier alpha value is -1.93. The number of amides is 1. The maximum absolute atomic E-state index is 12.6. The third-order valence-corrected chi connectivity index (χ3v) is 5.92. The molecule has 1 unspecified atom stereocenters. The van der Waals surface area contributed by atoms with Crippen LogP contribution >= 0.6 is 24.8 Å². The molecule has 3 heterocycles. The van der Waals surface area contributed by atoms with E-state index in [2.05, 4.69) is 40.0 Å². The highest BCUT2D eigenvalue weighted by Gasteiger charge is 2.45. The molecule has 2 aromatic rings. The summed E-state index contributed by atoms with van der Waals surface area (Å²) in [5, 5.41) is 9.02. The average Bonchev–Trinajstić information content (AvgIpc) is 3.39. The summed E-state index contributed by atoms with van der Waals surface area (Å²) in [6, 6.07) is 8.07. The highest BCUT2D eigenvalue weighted by atomic mass is 32.1. The lowest BCUT2D eigenvalue weighted by molar-refractivity contribution is -0.119. The summed E-state index contributed by atoms with van der Waals surface area (Å²) in [5.74, 6) is 0.964. The molecule has 1 amide bonds. The average molecular weight is 402 g/mol. The highest BCUT2D eigenvalue weighted by Crippen LogP contribution is 2.31. The summed E-state index contributed by atoms with van der Waals surface area (Å²) in [4.78, 5) is 16.4. The topological polar surface area (TPSA) is 54.3 Å². The number of thiocarbonyl (C=S) groups is 1. The van der Waals surface area contributed by atoms with E-state index in [0.29, 0.717) is 5.11 Å². The van der Waals surface area contributed by atoms with Crippen molar-refractivity contribution in [2.45, 2.75) is 44.7 Å². The number of benzene rings is 1. The van der Waals surface area contributed by atoms with Crippen molar-refractivity contribution >= 4 is 41.6 Å². The Balaban J connectivity index is 1.37. The normalized spacial score (nSPS) is 19.2. The standard InChI is InChI=1S/C19H23N5OS2/c25-18-17-3-1-11-23(17)19(27)24(18)16-8-5-14(6-9-16)4-7-15-13-22(21-20-15)10-2-12-26/h5-6,8-9,13,17,26H,1-4,7,10-12H2. The number of thiol groups is 1. The van der Waals surface area contributed by atoms with Gasteiger partial charge in [0.25, 0.3) is 5.91 Å². The molecule has 142 valence electrons. The maximum atomic E-state index is 12.6. The van der Waals surface area contributed by atoms with Gasteiger partial charge < -0.3 is 4.90 Å². The summed E-state index contributed by atoms with van der Waals surface area (Å²) in [5.41, 5.74) is 3.07. The molecule has 1 atom stereocenters. The molecule has 0 spiro atoms. The first-order chi connectivity index (χ1) is 13.2. The van der Waals surface area contributed by atoms with Crippen LogP contribution < -0.4 is 4.90 Å². The van der Waals surface area contributed by atoms with Crippen LogP contribution in [-0.4, -0.2) is 49.3 Å². The lowest BCUT2D eigenvalue weighted by Crippen LogP contribution is -2.32. The van der Waals surface area contributed by atoms with Crippen LogP contribution in [-0.2, 0) is 24.2 Å². The van der Waals surface area contributed by atoms with Gasteiger partial charge in [-0.05, 0) is 67.8 Å². The fourth-order valence-electron chi connectivity index (χ4n) is 3.74. The Morgan fingerprint density at radius 1 is 1.22 bits per heavy atom. The molecule has 2 fully saturated rings. The van der Waals surface area contributed by atoms with E-state index in [1.165, 1.54) is 5.56 Å². The lowest BCUT2D eigenvalue weighted by Gasteiger charge is -2.19. The zero-order chi connectivity index (χ0) is 18.8. The van der Waals surface area contributed by atoms with Crippen molar-refractivity contribution in [3.63, 3.8) is 0 Å². The third-order valence-electron chi connectivity index (χ3n) is 5.19. The molecule has 2 aliphatic heterocycles. The Morgan fingerprint density at radius 2 is 2.04 bits per heavy atom. The number of hydrogen-bond acceptors (Lipinski definition) is 5. The number of hydrogen-bond donors (Lipinski definition) is 1. The number of rotatable bonds is 7. The molecule has 4 rings (SSSR count). The number of anilines is 1. The van der Waals surface area contributed by atoms with E-state index in [0.717, 1.165) is 62.3 Å². The van der Waals surface area contributed by atoms with Crippen molar-refractivity contribution in [3.8, 4) is 0 Å². The monoisotopic (exact) mass is 401 g/mol. The molecule has 27 heavy (non-hydrogen) atoms. The summed E-state index contributed by atoms with van der Waals surface area (Å²) in [6.45, 7) is 1.74. The molecule has 0 aliphatic carbocycles. The summed E-state index contributed by atoms with van der Waals surface area (Å²) < 4.78 is 1.88. The van der Waals surface area contributed by atoms with Crippen LogP contribution in [0.1, 0.15) is 30.5 Å². The van der Waals surface area contributed by atoms with Crippen LogP contribution in [0.5, 0.6) is 0 Å². The number of carbonyl (C=O) groups excluding carboxylic acids is 1. The molecule has 0 radical (unpaired) electrons. The second-order valence-electron chi connectivity index (χ2n) is 7.02. The summed E-state index contributed by atoms with van der Waals surface area (Å²) in [7, 11) is 0. The van der Waals surface area contributed by atoms with Crippen molar-refractivity contribution in [3.05, 3.63) is 41.7 Å². The SMILES string of the molecule is O=C1C2CCCN2C(=S)N1c1ccc(CCc2cn(CCCS)nn2)cc1. The van der Waals surface area contributed by atoms with Gasteiger partial charge in [0.1, 0.15) is 6.04 Å². The number of aromatic nitrogens is 3. The Bertz CT molecular complexity index is 813. The predicted molar refractivity (Wildman–Crippen MR) is 112 cm³/mol. The molecule has 6 nitrogen and oxygen atoms in total. The minimum Gasteiger partial charge on any atom is -0.336 e. The van der Waals surface area contributed by atoms with Gasteiger partial charge in [-0.2, -0.15) is 12.6 Å². The summed E-state index contributed by atoms with van der Waals surface area (Å²) in [6.07, 6.45) is 6.68. The van der Waals surface area contributed by atoms with Crippen LogP contribution in [0.15, 0.2) is 30.5 Å². The van der Waals surface area contributed by atoms with E-state index in [-0.39, 0.29) is 11.9 Å².